The minimum atomic E-state index is -0.141. The van der Waals surface area contributed by atoms with E-state index in [2.05, 4.69) is 19.2 Å². The number of hydrogen-bond acceptors (Lipinski definition) is 3. The highest BCUT2D eigenvalue weighted by Gasteiger charge is 2.26. The Morgan fingerprint density at radius 1 is 1.39 bits per heavy atom. The molecule has 0 spiro atoms. The first-order chi connectivity index (χ1) is 8.22. The first-order valence-electron chi connectivity index (χ1n) is 6.82. The minimum absolute atomic E-state index is 0. The number of halogens is 1. The van der Waals surface area contributed by atoms with Crippen LogP contribution in [0.15, 0.2) is 0 Å². The van der Waals surface area contributed by atoms with Crippen LogP contribution in [0.4, 0.5) is 0 Å². The largest absolute Gasteiger partial charge is 0.378 e. The van der Waals surface area contributed by atoms with Gasteiger partial charge in [-0.25, -0.2) is 0 Å². The molecule has 108 valence electrons. The van der Waals surface area contributed by atoms with E-state index in [-0.39, 0.29) is 24.4 Å². The van der Waals surface area contributed by atoms with Gasteiger partial charge in [0.15, 0.2) is 0 Å². The van der Waals surface area contributed by atoms with E-state index in [1.165, 1.54) is 0 Å². The fourth-order valence-corrected chi connectivity index (χ4v) is 2.18. The maximum Gasteiger partial charge on any atom is 0.242 e. The van der Waals surface area contributed by atoms with Gasteiger partial charge in [0, 0.05) is 19.6 Å². The molecule has 0 aromatic rings. The number of carbonyl (C=O) groups is 1. The monoisotopic (exact) mass is 278 g/mol. The summed E-state index contributed by atoms with van der Waals surface area (Å²) < 4.78 is 5.35. The zero-order valence-electron chi connectivity index (χ0n) is 11.8. The average molecular weight is 279 g/mol. The molecule has 1 rings (SSSR count). The van der Waals surface area contributed by atoms with Crippen LogP contribution in [0.3, 0.4) is 0 Å². The van der Waals surface area contributed by atoms with Gasteiger partial charge in [-0.15, -0.1) is 12.4 Å². The maximum absolute atomic E-state index is 12.3. The highest BCUT2D eigenvalue weighted by molar-refractivity contribution is 5.85. The number of rotatable bonds is 6. The molecule has 1 aliphatic heterocycles. The van der Waals surface area contributed by atoms with Gasteiger partial charge >= 0.3 is 0 Å². The third-order valence-corrected chi connectivity index (χ3v) is 3.55. The summed E-state index contributed by atoms with van der Waals surface area (Å²) in [5.74, 6) is 0.808. The molecular weight excluding hydrogens is 252 g/mol. The quantitative estimate of drug-likeness (QED) is 0.804. The molecule has 0 aliphatic carbocycles. The highest BCUT2D eigenvalue weighted by atomic mass is 35.5. The van der Waals surface area contributed by atoms with Crippen molar-refractivity contribution in [2.75, 3.05) is 32.8 Å². The zero-order chi connectivity index (χ0) is 12.7. The molecule has 0 aromatic heterocycles. The van der Waals surface area contributed by atoms with E-state index in [1.54, 1.807) is 0 Å². The number of ether oxygens (including phenoxy) is 1. The summed E-state index contributed by atoms with van der Waals surface area (Å²) in [6, 6.07) is -0.141. The van der Waals surface area contributed by atoms with Gasteiger partial charge in [-0.3, -0.25) is 4.79 Å². The molecule has 1 fully saturated rings. The van der Waals surface area contributed by atoms with E-state index in [9.17, 15) is 4.79 Å². The molecular formula is C13H27ClN2O2. The smallest absolute Gasteiger partial charge is 0.242 e. The van der Waals surface area contributed by atoms with Crippen LogP contribution in [0.2, 0.25) is 0 Å². The number of amides is 1. The number of morpholine rings is 1. The van der Waals surface area contributed by atoms with Gasteiger partial charge in [-0.2, -0.15) is 0 Å². The molecule has 0 radical (unpaired) electrons. The Kier molecular flexibility index (Phi) is 9.42. The Balaban J connectivity index is 0.00000289. The van der Waals surface area contributed by atoms with Crippen molar-refractivity contribution in [3.05, 3.63) is 0 Å². The Hall–Kier alpha value is -0.320. The molecule has 1 atom stereocenters. The van der Waals surface area contributed by atoms with Crippen LogP contribution < -0.4 is 5.32 Å². The topological polar surface area (TPSA) is 41.6 Å². The third kappa shape index (κ3) is 5.12. The molecule has 1 unspecified atom stereocenters. The summed E-state index contributed by atoms with van der Waals surface area (Å²) in [6.45, 7) is 10.1. The van der Waals surface area contributed by atoms with Crippen LogP contribution in [0.5, 0.6) is 0 Å². The SMILES string of the molecule is CCC(CC)CN(CC)C(=O)C1COCCN1.Cl. The van der Waals surface area contributed by atoms with Crippen molar-refractivity contribution in [2.24, 2.45) is 5.92 Å². The summed E-state index contributed by atoms with van der Waals surface area (Å²) >= 11 is 0. The first-order valence-corrected chi connectivity index (χ1v) is 6.82. The predicted octanol–water partition coefficient (Wildman–Crippen LogP) is 1.68. The van der Waals surface area contributed by atoms with Crippen molar-refractivity contribution >= 4 is 18.3 Å². The van der Waals surface area contributed by atoms with E-state index in [4.69, 9.17) is 4.74 Å². The normalized spacial score (nSPS) is 19.4. The van der Waals surface area contributed by atoms with Crippen molar-refractivity contribution in [3.63, 3.8) is 0 Å². The number of nitrogens with zero attached hydrogens (tertiary/aromatic N) is 1. The van der Waals surface area contributed by atoms with Gasteiger partial charge in [0.1, 0.15) is 6.04 Å². The fourth-order valence-electron chi connectivity index (χ4n) is 2.18. The van der Waals surface area contributed by atoms with Crippen molar-refractivity contribution in [1.29, 1.82) is 0 Å². The van der Waals surface area contributed by atoms with E-state index in [0.717, 1.165) is 32.5 Å². The maximum atomic E-state index is 12.3. The Bertz CT molecular complexity index is 229. The molecule has 0 aromatic carbocycles. The molecule has 0 saturated carbocycles. The van der Waals surface area contributed by atoms with Gasteiger partial charge in [0.05, 0.1) is 13.2 Å². The van der Waals surface area contributed by atoms with Gasteiger partial charge in [0.2, 0.25) is 5.91 Å². The van der Waals surface area contributed by atoms with Gasteiger partial charge in [0.25, 0.3) is 0 Å². The molecule has 5 heteroatoms. The fraction of sp³-hybridized carbons (Fsp3) is 0.923. The highest BCUT2D eigenvalue weighted by Crippen LogP contribution is 2.11. The number of hydrogen-bond donors (Lipinski definition) is 1. The molecule has 4 nitrogen and oxygen atoms in total. The van der Waals surface area contributed by atoms with Crippen LogP contribution in [0.25, 0.3) is 0 Å². The van der Waals surface area contributed by atoms with Gasteiger partial charge in [-0.1, -0.05) is 26.7 Å². The second-order valence-electron chi connectivity index (χ2n) is 4.64. The van der Waals surface area contributed by atoms with Crippen LogP contribution >= 0.6 is 12.4 Å². The lowest BCUT2D eigenvalue weighted by Crippen LogP contribution is -2.53. The minimum Gasteiger partial charge on any atom is -0.378 e. The molecule has 0 bridgehead atoms. The Morgan fingerprint density at radius 2 is 2.06 bits per heavy atom. The Labute approximate surface area is 117 Å². The predicted molar refractivity (Wildman–Crippen MR) is 76.2 cm³/mol. The van der Waals surface area contributed by atoms with Gasteiger partial charge in [-0.05, 0) is 12.8 Å². The lowest BCUT2D eigenvalue weighted by atomic mass is 10.0. The number of nitrogens with one attached hydrogen (secondary N) is 1. The number of carbonyl (C=O) groups excluding carboxylic acids is 1. The van der Waals surface area contributed by atoms with E-state index in [0.29, 0.717) is 19.1 Å². The second kappa shape index (κ2) is 9.59. The Morgan fingerprint density at radius 3 is 2.50 bits per heavy atom. The summed E-state index contributed by atoms with van der Waals surface area (Å²) in [6.07, 6.45) is 2.27. The summed E-state index contributed by atoms with van der Waals surface area (Å²) in [7, 11) is 0. The first kappa shape index (κ1) is 17.7. The average Bonchev–Trinajstić information content (AvgIpc) is 2.40. The zero-order valence-corrected chi connectivity index (χ0v) is 12.6. The van der Waals surface area contributed by atoms with Crippen LogP contribution in [-0.2, 0) is 9.53 Å². The lowest BCUT2D eigenvalue weighted by molar-refractivity contribution is -0.136. The van der Waals surface area contributed by atoms with Gasteiger partial charge < -0.3 is 15.0 Å². The van der Waals surface area contributed by atoms with Crippen molar-refractivity contribution in [1.82, 2.24) is 10.2 Å². The van der Waals surface area contributed by atoms with Crippen LogP contribution in [-0.4, -0.2) is 49.7 Å². The molecule has 1 amide bonds. The standard InChI is InChI=1S/C13H26N2O2.ClH/c1-4-11(5-2)9-15(6-3)13(16)12-10-17-8-7-14-12;/h11-12,14H,4-10H2,1-3H3;1H. The van der Waals surface area contributed by atoms with Crippen molar-refractivity contribution in [3.8, 4) is 0 Å². The number of likely N-dealkylation sites (N-methyl/N-ethyl adjacent to an activating group) is 1. The summed E-state index contributed by atoms with van der Waals surface area (Å²) in [4.78, 5) is 14.2. The molecule has 1 N–H and O–H groups in total. The van der Waals surface area contributed by atoms with E-state index >= 15 is 0 Å². The summed E-state index contributed by atoms with van der Waals surface area (Å²) in [5, 5.41) is 3.23. The molecule has 18 heavy (non-hydrogen) atoms. The molecule has 1 aliphatic rings. The van der Waals surface area contributed by atoms with Crippen molar-refractivity contribution < 1.29 is 9.53 Å². The molecule has 1 heterocycles. The van der Waals surface area contributed by atoms with Crippen LogP contribution in [0, 0.1) is 5.92 Å². The lowest BCUT2D eigenvalue weighted by Gasteiger charge is -2.31. The third-order valence-electron chi connectivity index (χ3n) is 3.55. The van der Waals surface area contributed by atoms with E-state index < -0.39 is 0 Å². The molecule has 1 saturated heterocycles. The van der Waals surface area contributed by atoms with E-state index in [1.807, 2.05) is 11.8 Å². The van der Waals surface area contributed by atoms with Crippen LogP contribution in [0.1, 0.15) is 33.6 Å². The summed E-state index contributed by atoms with van der Waals surface area (Å²) in [5.41, 5.74) is 0. The van der Waals surface area contributed by atoms with Crippen molar-refractivity contribution in [2.45, 2.75) is 39.7 Å². The second-order valence-corrected chi connectivity index (χ2v) is 4.64.